The molecule has 0 N–H and O–H groups in total. The predicted molar refractivity (Wildman–Crippen MR) is 76.9 cm³/mol. The molecule has 98 valence electrons. The van der Waals surface area contributed by atoms with Gasteiger partial charge in [0.2, 0.25) is 5.52 Å². The Morgan fingerprint density at radius 1 is 1.20 bits per heavy atom. The highest BCUT2D eigenvalue weighted by Gasteiger charge is 2.11. The molecule has 0 aliphatic rings. The van der Waals surface area contributed by atoms with Gasteiger partial charge < -0.3 is 4.74 Å². The molecule has 0 saturated heterocycles. The molecule has 0 saturated carbocycles. The second-order valence-electron chi connectivity index (χ2n) is 4.64. The highest BCUT2D eigenvalue weighted by Crippen LogP contribution is 2.26. The van der Waals surface area contributed by atoms with E-state index in [0.29, 0.717) is 5.75 Å². The summed E-state index contributed by atoms with van der Waals surface area (Å²) in [6.45, 7) is 0.236. The van der Waals surface area contributed by atoms with Gasteiger partial charge in [0.25, 0.3) is 0 Å². The third-order valence-corrected chi connectivity index (χ3v) is 3.31. The van der Waals surface area contributed by atoms with Crippen molar-refractivity contribution in [3.63, 3.8) is 0 Å². The first-order valence-corrected chi connectivity index (χ1v) is 6.27. The molecule has 0 bridgehead atoms. The zero-order valence-corrected chi connectivity index (χ0v) is 11.1. The lowest BCUT2D eigenvalue weighted by Crippen LogP contribution is -2.28. The number of nitrogens with zero attached hydrogens (tertiary/aromatic N) is 1. The molecule has 3 heteroatoms. The molecule has 0 aliphatic heterocycles. The summed E-state index contributed by atoms with van der Waals surface area (Å²) in [7, 11) is 1.94. The molecule has 0 aliphatic carbocycles. The monoisotopic (exact) mass is 266 g/mol. The van der Waals surface area contributed by atoms with Crippen LogP contribution in [0.15, 0.2) is 42.6 Å². The number of pyridine rings is 1. The fourth-order valence-corrected chi connectivity index (χ4v) is 2.42. The Balaban J connectivity index is 2.27. The number of fused-ring (bicyclic) bond motifs is 3. The fraction of sp³-hybridized carbons (Fsp3) is 0.118. The van der Waals surface area contributed by atoms with Crippen molar-refractivity contribution >= 4 is 21.7 Å². The van der Waals surface area contributed by atoms with Gasteiger partial charge in [-0.15, -0.1) is 6.42 Å². The summed E-state index contributed by atoms with van der Waals surface area (Å²) in [4.78, 5) is 0. The summed E-state index contributed by atoms with van der Waals surface area (Å²) < 4.78 is 20.9. The van der Waals surface area contributed by atoms with Crippen LogP contribution in [0.3, 0.4) is 0 Å². The standard InChI is InChI=1S/C17H13FNO/c1-3-8-20-14-5-6-15-12(9-14)11-19(2)17-7-4-13(18)10-16(15)17/h1,4-7,9-11H,8H2,2H3/q+1. The molecule has 0 atom stereocenters. The summed E-state index contributed by atoms with van der Waals surface area (Å²) >= 11 is 0. The number of aromatic nitrogens is 1. The van der Waals surface area contributed by atoms with Gasteiger partial charge in [-0.05, 0) is 30.3 Å². The molecular weight excluding hydrogens is 253 g/mol. The lowest BCUT2D eigenvalue weighted by Gasteiger charge is -2.06. The predicted octanol–water partition coefficient (Wildman–Crippen LogP) is 2.97. The maximum absolute atomic E-state index is 13.5. The van der Waals surface area contributed by atoms with Crippen LogP contribution in [0.4, 0.5) is 4.39 Å². The van der Waals surface area contributed by atoms with E-state index in [1.54, 1.807) is 12.1 Å². The minimum absolute atomic E-state index is 0.236. The van der Waals surface area contributed by atoms with Gasteiger partial charge in [-0.25, -0.2) is 8.96 Å². The molecule has 1 aromatic heterocycles. The molecule has 0 radical (unpaired) electrons. The topological polar surface area (TPSA) is 13.1 Å². The van der Waals surface area contributed by atoms with Gasteiger partial charge in [0.1, 0.15) is 25.2 Å². The van der Waals surface area contributed by atoms with Crippen molar-refractivity contribution in [1.82, 2.24) is 0 Å². The molecule has 20 heavy (non-hydrogen) atoms. The molecule has 2 aromatic carbocycles. The first-order valence-electron chi connectivity index (χ1n) is 6.27. The van der Waals surface area contributed by atoms with Gasteiger partial charge in [-0.1, -0.05) is 5.92 Å². The number of aryl methyl sites for hydroxylation is 1. The minimum Gasteiger partial charge on any atom is -0.481 e. The van der Waals surface area contributed by atoms with Crippen molar-refractivity contribution < 1.29 is 13.7 Å². The maximum Gasteiger partial charge on any atom is 0.213 e. The van der Waals surface area contributed by atoms with E-state index in [-0.39, 0.29) is 12.4 Å². The summed E-state index contributed by atoms with van der Waals surface area (Å²) in [6.07, 6.45) is 7.18. The Morgan fingerprint density at radius 2 is 2.05 bits per heavy atom. The van der Waals surface area contributed by atoms with Gasteiger partial charge >= 0.3 is 0 Å². The van der Waals surface area contributed by atoms with Crippen LogP contribution in [-0.2, 0) is 7.05 Å². The number of benzene rings is 2. The normalized spacial score (nSPS) is 10.7. The number of terminal acetylenes is 1. The van der Waals surface area contributed by atoms with Crippen LogP contribution >= 0.6 is 0 Å². The smallest absolute Gasteiger partial charge is 0.213 e. The number of hydrogen-bond donors (Lipinski definition) is 0. The van der Waals surface area contributed by atoms with Crippen LogP contribution in [0.1, 0.15) is 0 Å². The van der Waals surface area contributed by atoms with E-state index in [4.69, 9.17) is 11.2 Å². The molecule has 2 nitrogen and oxygen atoms in total. The SMILES string of the molecule is C#CCOc1ccc2c(c1)c[n+](C)c1ccc(F)cc21. The van der Waals surface area contributed by atoms with Crippen LogP contribution in [-0.4, -0.2) is 6.61 Å². The van der Waals surface area contributed by atoms with E-state index in [2.05, 4.69) is 5.92 Å². The minimum atomic E-state index is -0.238. The number of rotatable bonds is 2. The fourth-order valence-electron chi connectivity index (χ4n) is 2.42. The largest absolute Gasteiger partial charge is 0.481 e. The van der Waals surface area contributed by atoms with Crippen LogP contribution < -0.4 is 9.30 Å². The highest BCUT2D eigenvalue weighted by atomic mass is 19.1. The summed E-state index contributed by atoms with van der Waals surface area (Å²) in [5.74, 6) is 2.91. The number of halogens is 1. The first kappa shape index (κ1) is 12.4. The van der Waals surface area contributed by atoms with E-state index in [1.807, 2.05) is 36.0 Å². The van der Waals surface area contributed by atoms with Gasteiger partial charge in [0.15, 0.2) is 6.20 Å². The van der Waals surface area contributed by atoms with E-state index >= 15 is 0 Å². The van der Waals surface area contributed by atoms with Crippen molar-refractivity contribution in [3.8, 4) is 18.1 Å². The Kier molecular flexibility index (Phi) is 3.00. The lowest BCUT2D eigenvalue weighted by molar-refractivity contribution is -0.643. The van der Waals surface area contributed by atoms with E-state index < -0.39 is 0 Å². The van der Waals surface area contributed by atoms with Gasteiger partial charge in [-0.2, -0.15) is 0 Å². The Labute approximate surface area is 116 Å². The number of hydrogen-bond acceptors (Lipinski definition) is 1. The highest BCUT2D eigenvalue weighted by molar-refractivity contribution is 6.04. The van der Waals surface area contributed by atoms with Gasteiger partial charge in [0, 0.05) is 11.5 Å². The van der Waals surface area contributed by atoms with Crippen LogP contribution in [0.25, 0.3) is 21.7 Å². The zero-order chi connectivity index (χ0) is 14.1. The Bertz CT molecular complexity index is 849. The van der Waals surface area contributed by atoms with Crippen LogP contribution in [0.5, 0.6) is 5.75 Å². The first-order chi connectivity index (χ1) is 9.69. The van der Waals surface area contributed by atoms with Gasteiger partial charge in [0.05, 0.1) is 10.8 Å². The molecule has 3 aromatic rings. The Hall–Kier alpha value is -2.60. The van der Waals surface area contributed by atoms with Crippen LogP contribution in [0, 0.1) is 18.2 Å². The molecular formula is C17H13FNO+. The third-order valence-electron chi connectivity index (χ3n) is 3.31. The summed E-state index contributed by atoms with van der Waals surface area (Å²) in [5.41, 5.74) is 0.983. The molecule has 0 unspecified atom stereocenters. The van der Waals surface area contributed by atoms with E-state index in [9.17, 15) is 4.39 Å². The van der Waals surface area contributed by atoms with E-state index in [1.165, 1.54) is 6.07 Å². The van der Waals surface area contributed by atoms with Crippen molar-refractivity contribution in [2.45, 2.75) is 0 Å². The van der Waals surface area contributed by atoms with Crippen molar-refractivity contribution in [3.05, 3.63) is 48.4 Å². The quantitative estimate of drug-likeness (QED) is 0.395. The molecule has 0 spiro atoms. The number of ether oxygens (including phenoxy) is 1. The van der Waals surface area contributed by atoms with Crippen molar-refractivity contribution in [1.29, 1.82) is 0 Å². The van der Waals surface area contributed by atoms with Gasteiger partial charge in [-0.3, -0.25) is 0 Å². The second kappa shape index (κ2) is 4.82. The average molecular weight is 266 g/mol. The Morgan fingerprint density at radius 3 is 2.85 bits per heavy atom. The molecule has 3 rings (SSSR count). The molecule has 1 heterocycles. The molecule has 0 amide bonds. The third kappa shape index (κ3) is 2.06. The average Bonchev–Trinajstić information content (AvgIpc) is 2.44. The summed E-state index contributed by atoms with van der Waals surface area (Å²) in [5, 5.41) is 2.86. The van der Waals surface area contributed by atoms with Crippen LogP contribution in [0.2, 0.25) is 0 Å². The molecule has 0 fully saturated rings. The van der Waals surface area contributed by atoms with E-state index in [0.717, 1.165) is 21.7 Å². The van der Waals surface area contributed by atoms with Crippen molar-refractivity contribution in [2.75, 3.05) is 6.61 Å². The summed E-state index contributed by atoms with van der Waals surface area (Å²) in [6, 6.07) is 10.5. The lowest BCUT2D eigenvalue weighted by atomic mass is 10.1. The van der Waals surface area contributed by atoms with Crippen molar-refractivity contribution in [2.24, 2.45) is 7.05 Å². The second-order valence-corrected chi connectivity index (χ2v) is 4.64. The maximum atomic E-state index is 13.5. The zero-order valence-electron chi connectivity index (χ0n) is 11.1.